The molecule has 0 radical (unpaired) electrons. The van der Waals surface area contributed by atoms with E-state index in [1.807, 2.05) is 23.5 Å². The number of ether oxygens (including phenoxy) is 2. The van der Waals surface area contributed by atoms with E-state index in [2.05, 4.69) is 58.0 Å². The fraction of sp³-hybridized carbons (Fsp3) is 0.500. The predicted octanol–water partition coefficient (Wildman–Crippen LogP) is 12.9. The van der Waals surface area contributed by atoms with Gasteiger partial charge in [0.1, 0.15) is 11.5 Å². The molecule has 4 rings (SSSR count). The Morgan fingerprint density at radius 2 is 1.29 bits per heavy atom. The predicted molar refractivity (Wildman–Crippen MR) is 194 cm³/mol. The molecule has 0 aliphatic rings. The van der Waals surface area contributed by atoms with Gasteiger partial charge in [-0.3, -0.25) is 0 Å². The highest BCUT2D eigenvalue weighted by Crippen LogP contribution is 2.48. The molecule has 1 aromatic carbocycles. The zero-order valence-electron chi connectivity index (χ0n) is 27.4. The SMILES string of the molecule is CCCCCCCCC(C)(C)c1ccc(-c2ccc(-c3cc(OCCCCCC)c(-c4ccc(O[P+](=O)O)s4)cc3OC)s2)s1. The molecular formula is C36H48O5PS3+. The van der Waals surface area contributed by atoms with E-state index in [9.17, 15) is 9.46 Å². The number of unbranched alkanes of at least 4 members (excludes halogenated alkanes) is 8. The zero-order chi connectivity index (χ0) is 32.2. The maximum absolute atomic E-state index is 11.2. The Hall–Kier alpha value is -2.22. The summed E-state index contributed by atoms with van der Waals surface area (Å²) in [6.07, 6.45) is 13.7. The van der Waals surface area contributed by atoms with Crippen LogP contribution in [0.25, 0.3) is 30.6 Å². The first-order valence-corrected chi connectivity index (χ1v) is 19.8. The number of rotatable bonds is 20. The summed E-state index contributed by atoms with van der Waals surface area (Å²) >= 11 is 5.00. The van der Waals surface area contributed by atoms with Crippen molar-refractivity contribution in [3.05, 3.63) is 53.4 Å². The van der Waals surface area contributed by atoms with Crippen LogP contribution in [0.2, 0.25) is 0 Å². The van der Waals surface area contributed by atoms with Crippen molar-refractivity contribution in [2.24, 2.45) is 0 Å². The van der Waals surface area contributed by atoms with Crippen LogP contribution in [-0.4, -0.2) is 18.6 Å². The minimum absolute atomic E-state index is 0.176. The Morgan fingerprint density at radius 3 is 2.02 bits per heavy atom. The third kappa shape index (κ3) is 10.1. The summed E-state index contributed by atoms with van der Waals surface area (Å²) < 4.78 is 28.6. The van der Waals surface area contributed by atoms with Crippen LogP contribution in [0.3, 0.4) is 0 Å². The van der Waals surface area contributed by atoms with Gasteiger partial charge in [0.05, 0.1) is 13.7 Å². The van der Waals surface area contributed by atoms with Crippen LogP contribution in [0.4, 0.5) is 0 Å². The first-order valence-electron chi connectivity index (χ1n) is 16.3. The van der Waals surface area contributed by atoms with Gasteiger partial charge < -0.3 is 9.47 Å². The van der Waals surface area contributed by atoms with E-state index in [4.69, 9.17) is 14.0 Å². The lowest BCUT2D eigenvalue weighted by molar-refractivity contribution is 0.306. The van der Waals surface area contributed by atoms with E-state index in [0.29, 0.717) is 11.7 Å². The minimum Gasteiger partial charge on any atom is -0.496 e. The molecule has 5 nitrogen and oxygen atoms in total. The van der Waals surface area contributed by atoms with Crippen molar-refractivity contribution in [3.8, 4) is 47.2 Å². The lowest BCUT2D eigenvalue weighted by Gasteiger charge is -2.23. The Labute approximate surface area is 282 Å². The number of hydrogen-bond donors (Lipinski definition) is 1. The van der Waals surface area contributed by atoms with Gasteiger partial charge >= 0.3 is 8.25 Å². The summed E-state index contributed by atoms with van der Waals surface area (Å²) in [6, 6.07) is 16.7. The normalized spacial score (nSPS) is 12.0. The van der Waals surface area contributed by atoms with Crippen molar-refractivity contribution >= 4 is 42.3 Å². The smallest absolute Gasteiger partial charge is 0.496 e. The molecule has 0 aliphatic carbocycles. The van der Waals surface area contributed by atoms with Crippen molar-refractivity contribution in [3.63, 3.8) is 0 Å². The molecule has 3 heterocycles. The zero-order valence-corrected chi connectivity index (χ0v) is 30.7. The molecule has 45 heavy (non-hydrogen) atoms. The number of hydrogen-bond acceptors (Lipinski definition) is 7. The van der Waals surface area contributed by atoms with Crippen molar-refractivity contribution < 1.29 is 23.5 Å². The summed E-state index contributed by atoms with van der Waals surface area (Å²) in [4.78, 5) is 15.2. The average molecular weight is 688 g/mol. The van der Waals surface area contributed by atoms with Crippen LogP contribution < -0.4 is 14.0 Å². The molecule has 1 unspecified atom stereocenters. The van der Waals surface area contributed by atoms with Crippen LogP contribution >= 0.6 is 42.3 Å². The van der Waals surface area contributed by atoms with Crippen molar-refractivity contribution in [1.82, 2.24) is 0 Å². The fourth-order valence-electron chi connectivity index (χ4n) is 5.45. The summed E-state index contributed by atoms with van der Waals surface area (Å²) in [5.41, 5.74) is 2.05. The summed E-state index contributed by atoms with van der Waals surface area (Å²) in [7, 11) is -1.03. The van der Waals surface area contributed by atoms with E-state index in [1.54, 1.807) is 24.5 Å². The standard InChI is InChI=1S/C36H47O5PS3/c1-6-8-10-12-13-14-22-36(3,4)34-20-18-33(44-34)32-17-16-30(43-32)26-25-29(40-23-15-11-9-7-2)27(24-28(26)39-5)31-19-21-35(45-31)41-42(37)38/h16-21,24-25H,6-15,22-23H2,1-5H3/p+1. The van der Waals surface area contributed by atoms with Crippen LogP contribution in [0.1, 0.15) is 103 Å². The quantitative estimate of drug-likeness (QED) is 0.0740. The molecule has 1 atom stereocenters. The van der Waals surface area contributed by atoms with E-state index in [0.717, 1.165) is 45.2 Å². The first-order chi connectivity index (χ1) is 21.7. The van der Waals surface area contributed by atoms with Crippen LogP contribution in [0.5, 0.6) is 16.6 Å². The Balaban J connectivity index is 1.57. The van der Waals surface area contributed by atoms with Crippen molar-refractivity contribution in [2.75, 3.05) is 13.7 Å². The molecular weight excluding hydrogens is 640 g/mol. The molecule has 3 aromatic heterocycles. The molecule has 0 saturated carbocycles. The number of thiophene rings is 3. The average Bonchev–Trinajstić information content (AvgIpc) is 3.80. The molecule has 4 aromatic rings. The molecule has 0 fully saturated rings. The molecule has 244 valence electrons. The van der Waals surface area contributed by atoms with Gasteiger partial charge in [-0.15, -0.1) is 27.6 Å². The van der Waals surface area contributed by atoms with Gasteiger partial charge in [-0.25, -0.2) is 4.52 Å². The van der Waals surface area contributed by atoms with E-state index >= 15 is 0 Å². The Bertz CT molecular complexity index is 1500. The third-order valence-corrected chi connectivity index (χ3v) is 12.4. The van der Waals surface area contributed by atoms with Gasteiger partial charge in [0.2, 0.25) is 5.06 Å². The van der Waals surface area contributed by atoms with Gasteiger partial charge in [-0.05, 0) is 66.8 Å². The fourth-order valence-corrected chi connectivity index (χ4v) is 9.02. The maximum Gasteiger partial charge on any atom is 0.748 e. The largest absolute Gasteiger partial charge is 0.748 e. The lowest BCUT2D eigenvalue weighted by Crippen LogP contribution is -2.14. The second kappa shape index (κ2) is 17.6. The van der Waals surface area contributed by atoms with E-state index < -0.39 is 8.25 Å². The monoisotopic (exact) mass is 687 g/mol. The van der Waals surface area contributed by atoms with Gasteiger partial charge in [0, 0.05) is 40.1 Å². The summed E-state index contributed by atoms with van der Waals surface area (Å²) in [5.74, 6) is 1.53. The minimum atomic E-state index is -2.72. The first kappa shape index (κ1) is 35.6. The molecule has 0 saturated heterocycles. The Morgan fingerprint density at radius 1 is 0.711 bits per heavy atom. The van der Waals surface area contributed by atoms with Gasteiger partial charge in [0.15, 0.2) is 0 Å². The molecule has 9 heteroatoms. The summed E-state index contributed by atoms with van der Waals surface area (Å²) in [6.45, 7) is 9.87. The molecule has 0 amide bonds. The highest BCUT2D eigenvalue weighted by Gasteiger charge is 2.24. The highest BCUT2D eigenvalue weighted by molar-refractivity contribution is 7.33. The van der Waals surface area contributed by atoms with E-state index in [-0.39, 0.29) is 5.41 Å². The summed E-state index contributed by atoms with van der Waals surface area (Å²) in [5, 5.41) is 0.388. The second-order valence-electron chi connectivity index (χ2n) is 12.1. The van der Waals surface area contributed by atoms with Gasteiger partial charge in [-0.1, -0.05) is 96.8 Å². The molecule has 0 spiro atoms. The lowest BCUT2D eigenvalue weighted by atomic mass is 9.85. The van der Waals surface area contributed by atoms with Crippen LogP contribution in [0, 0.1) is 0 Å². The maximum atomic E-state index is 11.2. The van der Waals surface area contributed by atoms with Crippen molar-refractivity contribution in [2.45, 2.75) is 104 Å². The van der Waals surface area contributed by atoms with Crippen LogP contribution in [-0.2, 0) is 9.98 Å². The second-order valence-corrected chi connectivity index (χ2v) is 16.0. The highest BCUT2D eigenvalue weighted by atomic mass is 32.1. The Kier molecular flexibility index (Phi) is 14.0. The number of benzene rings is 1. The molecule has 0 bridgehead atoms. The van der Waals surface area contributed by atoms with Gasteiger partial charge in [-0.2, -0.15) is 0 Å². The topological polar surface area (TPSA) is 65.0 Å². The molecule has 1 N–H and O–H groups in total. The third-order valence-electron chi connectivity index (χ3n) is 8.11. The number of methoxy groups -OCH3 is 1. The molecule has 0 aliphatic heterocycles. The van der Waals surface area contributed by atoms with Crippen molar-refractivity contribution in [1.29, 1.82) is 0 Å². The van der Waals surface area contributed by atoms with Gasteiger partial charge in [0.25, 0.3) is 0 Å². The van der Waals surface area contributed by atoms with Crippen LogP contribution in [0.15, 0.2) is 48.5 Å². The van der Waals surface area contributed by atoms with E-state index in [1.165, 1.54) is 83.8 Å².